The Morgan fingerprint density at radius 3 is 1.67 bits per heavy atom. The van der Waals surface area contributed by atoms with Gasteiger partial charge in [-0.25, -0.2) is 0 Å². The largest absolute Gasteiger partial charge is 0.0619 e. The molecule has 8 aromatic carbocycles. The Morgan fingerprint density at radius 2 is 0.930 bits per heavy atom. The first-order valence-electron chi connectivity index (χ1n) is 15.2. The molecule has 0 unspecified atom stereocenters. The van der Waals surface area contributed by atoms with E-state index in [1.165, 1.54) is 87.6 Å². The molecule has 0 bridgehead atoms. The fraction of sp³-hybridized carbons (Fsp3) is 0.0698. The number of hydrogen-bond acceptors (Lipinski definition) is 0. The molecule has 1 aliphatic rings. The normalized spacial score (nSPS) is 13.5. The molecule has 0 atom stereocenters. The zero-order chi connectivity index (χ0) is 28.7. The van der Waals surface area contributed by atoms with Gasteiger partial charge in [0, 0.05) is 5.41 Å². The maximum Gasteiger partial charge on any atom is 0.0165 e. The van der Waals surface area contributed by atoms with E-state index in [9.17, 15) is 0 Å². The highest BCUT2D eigenvalue weighted by Crippen LogP contribution is 2.55. The Labute approximate surface area is 251 Å². The maximum absolute atomic E-state index is 2.42. The number of hydrogen-bond donors (Lipinski definition) is 0. The van der Waals surface area contributed by atoms with Crippen LogP contribution < -0.4 is 0 Å². The summed E-state index contributed by atoms with van der Waals surface area (Å²) in [6, 6.07) is 54.1. The highest BCUT2D eigenvalue weighted by molar-refractivity contribution is 6.25. The van der Waals surface area contributed by atoms with Gasteiger partial charge in [-0.2, -0.15) is 0 Å². The number of fused-ring (bicyclic) bond motifs is 11. The summed E-state index contributed by atoms with van der Waals surface area (Å²) >= 11 is 0. The Morgan fingerprint density at radius 1 is 0.372 bits per heavy atom. The lowest BCUT2D eigenvalue weighted by Gasteiger charge is -2.25. The average Bonchev–Trinajstić information content (AvgIpc) is 3.31. The van der Waals surface area contributed by atoms with Gasteiger partial charge in [-0.1, -0.05) is 141 Å². The molecule has 0 nitrogen and oxygen atoms in total. The van der Waals surface area contributed by atoms with Crippen LogP contribution in [0.25, 0.3) is 76.5 Å². The first-order chi connectivity index (χ1) is 21.1. The summed E-state index contributed by atoms with van der Waals surface area (Å²) in [5.41, 5.74) is 10.6. The SMILES string of the molecule is CC1(C)c2ccccc2-c2c1c(-c1cccc(-c3ccc4c5ccccc5c5ccccc5c4c3)c1)cc1ccccc21. The molecule has 0 saturated carbocycles. The van der Waals surface area contributed by atoms with Crippen LogP contribution in [0.2, 0.25) is 0 Å². The van der Waals surface area contributed by atoms with Gasteiger partial charge in [0.05, 0.1) is 0 Å². The third kappa shape index (κ3) is 3.44. The molecule has 0 heteroatoms. The topological polar surface area (TPSA) is 0 Å². The minimum Gasteiger partial charge on any atom is -0.0619 e. The quantitative estimate of drug-likeness (QED) is 0.189. The Kier molecular flexibility index (Phi) is 5.05. The summed E-state index contributed by atoms with van der Waals surface area (Å²) in [6.45, 7) is 4.77. The minimum absolute atomic E-state index is 0.0930. The molecule has 43 heavy (non-hydrogen) atoms. The van der Waals surface area contributed by atoms with Crippen LogP contribution in [0.3, 0.4) is 0 Å². The van der Waals surface area contributed by atoms with Crippen molar-refractivity contribution in [1.82, 2.24) is 0 Å². The molecule has 0 radical (unpaired) electrons. The second-order valence-corrected chi connectivity index (χ2v) is 12.5. The predicted molar refractivity (Wildman–Crippen MR) is 185 cm³/mol. The molecule has 0 saturated heterocycles. The molecule has 0 amide bonds. The average molecular weight is 547 g/mol. The highest BCUT2D eigenvalue weighted by atomic mass is 14.4. The second kappa shape index (κ2) is 8.90. The van der Waals surface area contributed by atoms with E-state index in [1.807, 2.05) is 0 Å². The molecule has 0 spiro atoms. The minimum atomic E-state index is -0.0930. The monoisotopic (exact) mass is 546 g/mol. The van der Waals surface area contributed by atoms with Crippen LogP contribution in [0.5, 0.6) is 0 Å². The number of rotatable bonds is 2. The summed E-state index contributed by atoms with van der Waals surface area (Å²) in [5.74, 6) is 0. The molecular weight excluding hydrogens is 516 g/mol. The summed E-state index contributed by atoms with van der Waals surface area (Å²) in [7, 11) is 0. The van der Waals surface area contributed by atoms with Gasteiger partial charge in [-0.3, -0.25) is 0 Å². The van der Waals surface area contributed by atoms with Crippen LogP contribution in [0, 0.1) is 0 Å². The molecule has 8 aromatic rings. The van der Waals surface area contributed by atoms with Crippen LogP contribution in [0.15, 0.2) is 146 Å². The summed E-state index contributed by atoms with van der Waals surface area (Å²) in [6.07, 6.45) is 0. The van der Waals surface area contributed by atoms with Gasteiger partial charge in [0.15, 0.2) is 0 Å². The maximum atomic E-state index is 2.42. The fourth-order valence-corrected chi connectivity index (χ4v) is 7.84. The van der Waals surface area contributed by atoms with E-state index in [4.69, 9.17) is 0 Å². The van der Waals surface area contributed by atoms with Crippen LogP contribution in [-0.2, 0) is 5.41 Å². The lowest BCUT2D eigenvalue weighted by Crippen LogP contribution is -2.16. The van der Waals surface area contributed by atoms with Crippen molar-refractivity contribution in [2.45, 2.75) is 19.3 Å². The standard InChI is InChI=1S/C43H30/c1-43(2)40-21-10-9-20-37(40)41-31-15-4-3-12-30(31)26-38(42(41)43)29-14-11-13-27(24-29)28-22-23-36-34-18-6-5-16-32(34)33-17-7-8-19-35(33)39(36)25-28/h3-26H,1-2H3. The van der Waals surface area contributed by atoms with Gasteiger partial charge in [0.1, 0.15) is 0 Å². The molecule has 0 aliphatic heterocycles. The molecule has 0 N–H and O–H groups in total. The third-order valence-electron chi connectivity index (χ3n) is 9.80. The first kappa shape index (κ1) is 24.4. The summed E-state index contributed by atoms with van der Waals surface area (Å²) in [4.78, 5) is 0. The van der Waals surface area contributed by atoms with Gasteiger partial charge < -0.3 is 0 Å². The highest BCUT2D eigenvalue weighted by Gasteiger charge is 2.38. The molecule has 0 fully saturated rings. The smallest absolute Gasteiger partial charge is 0.0165 e. The zero-order valence-electron chi connectivity index (χ0n) is 24.4. The molecular formula is C43H30. The van der Waals surface area contributed by atoms with Gasteiger partial charge in [0.25, 0.3) is 0 Å². The van der Waals surface area contributed by atoms with Crippen molar-refractivity contribution in [2.75, 3.05) is 0 Å². The van der Waals surface area contributed by atoms with Crippen LogP contribution in [0.4, 0.5) is 0 Å². The molecule has 9 rings (SSSR count). The van der Waals surface area contributed by atoms with Crippen molar-refractivity contribution in [3.63, 3.8) is 0 Å². The van der Waals surface area contributed by atoms with Crippen molar-refractivity contribution < 1.29 is 0 Å². The van der Waals surface area contributed by atoms with E-state index in [0.29, 0.717) is 0 Å². The fourth-order valence-electron chi connectivity index (χ4n) is 7.84. The Balaban J connectivity index is 1.28. The first-order valence-corrected chi connectivity index (χ1v) is 15.2. The van der Waals surface area contributed by atoms with Crippen molar-refractivity contribution >= 4 is 43.1 Å². The molecule has 1 aliphatic carbocycles. The van der Waals surface area contributed by atoms with E-state index < -0.39 is 0 Å². The molecule has 0 aromatic heterocycles. The van der Waals surface area contributed by atoms with Crippen LogP contribution >= 0.6 is 0 Å². The summed E-state index contributed by atoms with van der Waals surface area (Å²) < 4.78 is 0. The van der Waals surface area contributed by atoms with Gasteiger partial charge in [0.2, 0.25) is 0 Å². The van der Waals surface area contributed by atoms with Crippen molar-refractivity contribution in [2.24, 2.45) is 0 Å². The van der Waals surface area contributed by atoms with Gasteiger partial charge in [-0.05, 0) is 106 Å². The summed E-state index contributed by atoms with van der Waals surface area (Å²) in [5, 5.41) is 10.5. The predicted octanol–water partition coefficient (Wildman–Crippen LogP) is 11.9. The lowest BCUT2D eigenvalue weighted by atomic mass is 9.77. The van der Waals surface area contributed by atoms with E-state index in [2.05, 4.69) is 159 Å². The van der Waals surface area contributed by atoms with Crippen molar-refractivity contribution in [3.05, 3.63) is 157 Å². The number of benzene rings is 8. The lowest BCUT2D eigenvalue weighted by molar-refractivity contribution is 0.662. The van der Waals surface area contributed by atoms with Crippen molar-refractivity contribution in [3.8, 4) is 33.4 Å². The molecule has 0 heterocycles. The Bertz CT molecular complexity index is 2390. The van der Waals surface area contributed by atoms with Crippen molar-refractivity contribution in [1.29, 1.82) is 0 Å². The van der Waals surface area contributed by atoms with E-state index >= 15 is 0 Å². The third-order valence-corrected chi connectivity index (χ3v) is 9.80. The van der Waals surface area contributed by atoms with Crippen LogP contribution in [-0.4, -0.2) is 0 Å². The van der Waals surface area contributed by atoms with E-state index in [1.54, 1.807) is 0 Å². The second-order valence-electron chi connectivity index (χ2n) is 12.5. The van der Waals surface area contributed by atoms with Crippen LogP contribution in [0.1, 0.15) is 25.0 Å². The van der Waals surface area contributed by atoms with Gasteiger partial charge >= 0.3 is 0 Å². The van der Waals surface area contributed by atoms with E-state index in [0.717, 1.165) is 0 Å². The zero-order valence-corrected chi connectivity index (χ0v) is 24.4. The Hall–Kier alpha value is -5.20. The molecule has 202 valence electrons. The van der Waals surface area contributed by atoms with E-state index in [-0.39, 0.29) is 5.41 Å². The van der Waals surface area contributed by atoms with Gasteiger partial charge in [-0.15, -0.1) is 0 Å².